The summed E-state index contributed by atoms with van der Waals surface area (Å²) in [5, 5.41) is 9.53. The molecule has 2 saturated heterocycles. The first-order valence-corrected chi connectivity index (χ1v) is 15.3. The number of aryl methyl sites for hydroxylation is 1. The predicted octanol–water partition coefficient (Wildman–Crippen LogP) is 2.54. The van der Waals surface area contributed by atoms with Gasteiger partial charge in [-0.15, -0.1) is 0 Å². The molecule has 2 aromatic rings. The first-order chi connectivity index (χ1) is 20.9. The molecule has 4 aliphatic heterocycles. The minimum Gasteiger partial charge on any atom is -0.476 e. The molecule has 2 atom stereocenters. The summed E-state index contributed by atoms with van der Waals surface area (Å²) >= 11 is 0. The number of hydrogen-bond donors (Lipinski definition) is 0. The maximum absolute atomic E-state index is 12.6. The van der Waals surface area contributed by atoms with Gasteiger partial charge in [-0.2, -0.15) is 5.26 Å². The molecule has 43 heavy (non-hydrogen) atoms. The number of nitriles is 1. The minimum absolute atomic E-state index is 0.105. The topological polar surface area (TPSA) is 109 Å². The van der Waals surface area contributed by atoms with Crippen LogP contribution in [-0.2, 0) is 29.0 Å². The van der Waals surface area contributed by atoms with Crippen LogP contribution < -0.4 is 19.4 Å². The number of ether oxygens (including phenoxy) is 1. The summed E-state index contributed by atoms with van der Waals surface area (Å²) in [6.45, 7) is 8.30. The number of likely N-dealkylation sites (N-methyl/N-ethyl adjacent to an activating group) is 1. The van der Waals surface area contributed by atoms with Gasteiger partial charge in [0.25, 0.3) is 0 Å². The summed E-state index contributed by atoms with van der Waals surface area (Å²) in [7, 11) is 3.97. The molecule has 0 aromatic carbocycles. The number of likely N-dealkylation sites (tertiary alicyclic amines) is 1. The molecule has 2 aromatic heterocycles. The Labute approximate surface area is 253 Å². The average Bonchev–Trinajstić information content (AvgIpc) is 3.44. The lowest BCUT2D eigenvalue weighted by Gasteiger charge is -2.43. The van der Waals surface area contributed by atoms with Crippen LogP contribution in [0.5, 0.6) is 5.88 Å². The zero-order valence-electron chi connectivity index (χ0n) is 25.2. The highest BCUT2D eigenvalue weighted by atomic mass is 16.5. The zero-order chi connectivity index (χ0) is 30.1. The molecular weight excluding hydrogens is 544 g/mol. The molecule has 0 aliphatic carbocycles. The Morgan fingerprint density at radius 1 is 1.16 bits per heavy atom. The molecule has 2 amide bonds. The summed E-state index contributed by atoms with van der Waals surface area (Å²) in [6, 6.07) is 6.46. The van der Waals surface area contributed by atoms with Gasteiger partial charge in [0.1, 0.15) is 6.61 Å². The van der Waals surface area contributed by atoms with Gasteiger partial charge in [-0.05, 0) is 57.0 Å². The fourth-order valence-electron chi connectivity index (χ4n) is 6.98. The number of pyridine rings is 2. The first-order valence-electron chi connectivity index (χ1n) is 15.3. The number of piperazine rings is 1. The summed E-state index contributed by atoms with van der Waals surface area (Å²) < 4.78 is 6.38. The molecule has 6 rings (SSSR count). The number of nitrogens with zero attached hydrogens (tertiary/aromatic N) is 8. The van der Waals surface area contributed by atoms with E-state index in [-0.39, 0.29) is 24.3 Å². The zero-order valence-corrected chi connectivity index (χ0v) is 25.2. The number of carbonyl (C=O) groups excluding carboxylic acids is 2. The van der Waals surface area contributed by atoms with Gasteiger partial charge in [0.15, 0.2) is 5.82 Å². The molecule has 0 unspecified atom stereocenters. The van der Waals surface area contributed by atoms with Crippen LogP contribution in [0.3, 0.4) is 0 Å². The maximum Gasteiger partial charge on any atom is 0.246 e. The van der Waals surface area contributed by atoms with Crippen LogP contribution in [-0.4, -0.2) is 97.1 Å². The highest BCUT2D eigenvalue weighted by Crippen LogP contribution is 2.39. The van der Waals surface area contributed by atoms with Crippen molar-refractivity contribution in [3.63, 3.8) is 0 Å². The Morgan fingerprint density at radius 2 is 2.02 bits per heavy atom. The molecule has 4 aliphatic rings. The van der Waals surface area contributed by atoms with Crippen LogP contribution >= 0.6 is 0 Å². The van der Waals surface area contributed by atoms with Gasteiger partial charge in [-0.1, -0.05) is 6.58 Å². The van der Waals surface area contributed by atoms with E-state index < -0.39 is 0 Å². The summed E-state index contributed by atoms with van der Waals surface area (Å²) in [5.41, 5.74) is 5.18. The van der Waals surface area contributed by atoms with Crippen molar-refractivity contribution in [2.75, 3.05) is 68.1 Å². The SMILES string of the molecule is C=CC(=O)N1CCN(c2cc(OC[C@@H]3CCCN3C)nc3c2CCN(c2nccc4c2N(C)C(=O)CC4)C3)C[C@@H]1CC#N. The molecule has 0 spiro atoms. The second-order valence-corrected chi connectivity index (χ2v) is 12.0. The molecule has 226 valence electrons. The van der Waals surface area contributed by atoms with Crippen molar-refractivity contribution in [1.82, 2.24) is 19.8 Å². The molecule has 0 bridgehead atoms. The molecule has 11 nitrogen and oxygen atoms in total. The second-order valence-electron chi connectivity index (χ2n) is 12.0. The van der Waals surface area contributed by atoms with Crippen molar-refractivity contribution >= 4 is 29.0 Å². The lowest BCUT2D eigenvalue weighted by Crippen LogP contribution is -2.55. The number of carbonyl (C=O) groups is 2. The number of fused-ring (bicyclic) bond motifs is 2. The van der Waals surface area contributed by atoms with E-state index in [0.29, 0.717) is 51.1 Å². The van der Waals surface area contributed by atoms with Crippen molar-refractivity contribution < 1.29 is 14.3 Å². The third-order valence-electron chi connectivity index (χ3n) is 9.44. The maximum atomic E-state index is 12.6. The first kappa shape index (κ1) is 28.9. The summed E-state index contributed by atoms with van der Waals surface area (Å²) in [6.07, 6.45) is 7.68. The molecule has 11 heteroatoms. The number of hydrogen-bond acceptors (Lipinski definition) is 9. The largest absolute Gasteiger partial charge is 0.476 e. The van der Waals surface area contributed by atoms with Gasteiger partial charge in [0.05, 0.1) is 36.5 Å². The lowest BCUT2D eigenvalue weighted by atomic mass is 9.98. The Bertz CT molecular complexity index is 1450. The average molecular weight is 585 g/mol. The van der Waals surface area contributed by atoms with E-state index in [9.17, 15) is 14.9 Å². The molecule has 2 fully saturated rings. The van der Waals surface area contributed by atoms with E-state index in [2.05, 4.69) is 34.4 Å². The van der Waals surface area contributed by atoms with E-state index in [4.69, 9.17) is 14.7 Å². The summed E-state index contributed by atoms with van der Waals surface area (Å²) in [4.78, 5) is 45.3. The summed E-state index contributed by atoms with van der Waals surface area (Å²) in [5.74, 6) is 1.37. The van der Waals surface area contributed by atoms with E-state index >= 15 is 0 Å². The molecular formula is C32H40N8O3. The van der Waals surface area contributed by atoms with Gasteiger partial charge >= 0.3 is 0 Å². The molecule has 0 radical (unpaired) electrons. The van der Waals surface area contributed by atoms with Gasteiger partial charge in [0.2, 0.25) is 17.7 Å². The third kappa shape index (κ3) is 5.64. The van der Waals surface area contributed by atoms with Crippen molar-refractivity contribution in [2.45, 2.75) is 57.2 Å². The van der Waals surface area contributed by atoms with Gasteiger partial charge in [0, 0.05) is 69.2 Å². The van der Waals surface area contributed by atoms with Crippen molar-refractivity contribution in [2.24, 2.45) is 0 Å². The number of amides is 2. The highest BCUT2D eigenvalue weighted by Gasteiger charge is 2.34. The van der Waals surface area contributed by atoms with Gasteiger partial charge in [-0.3, -0.25) is 9.59 Å². The fourth-order valence-corrected chi connectivity index (χ4v) is 6.98. The monoisotopic (exact) mass is 584 g/mol. The molecule has 0 saturated carbocycles. The van der Waals surface area contributed by atoms with Crippen molar-refractivity contribution in [3.05, 3.63) is 47.8 Å². The van der Waals surface area contributed by atoms with Crippen LogP contribution in [0.25, 0.3) is 0 Å². The van der Waals surface area contributed by atoms with E-state index in [1.807, 2.05) is 25.4 Å². The van der Waals surface area contributed by atoms with Crippen LogP contribution in [0.4, 0.5) is 17.2 Å². The standard InChI is InChI=1S/C32H40N8O3/c1-4-29(41)40-17-16-38(19-23(40)9-12-33)27-18-28(43-21-24-6-5-14-36(24)2)35-26-20-39(15-11-25(26)27)32-31-22(10-13-34-32)7-8-30(42)37(31)3/h4,10,13,18,23-24H,1,5-9,11,14-17,19-21H2,2-3H3/t23-,24-/m0/s1. The van der Waals surface area contributed by atoms with Crippen LogP contribution in [0, 0.1) is 11.3 Å². The Balaban J connectivity index is 1.33. The number of anilines is 3. The third-order valence-corrected chi connectivity index (χ3v) is 9.44. The van der Waals surface area contributed by atoms with E-state index in [0.717, 1.165) is 66.4 Å². The minimum atomic E-state index is -0.224. The Kier molecular flexibility index (Phi) is 8.21. The Hall–Kier alpha value is -4.17. The van der Waals surface area contributed by atoms with Crippen LogP contribution in [0.2, 0.25) is 0 Å². The van der Waals surface area contributed by atoms with Crippen molar-refractivity contribution in [3.8, 4) is 11.9 Å². The van der Waals surface area contributed by atoms with Gasteiger partial charge < -0.3 is 29.2 Å². The number of rotatable bonds is 7. The van der Waals surface area contributed by atoms with Gasteiger partial charge in [-0.25, -0.2) is 9.97 Å². The molecule has 0 N–H and O–H groups in total. The molecule has 6 heterocycles. The smallest absolute Gasteiger partial charge is 0.246 e. The van der Waals surface area contributed by atoms with E-state index in [1.165, 1.54) is 12.5 Å². The van der Waals surface area contributed by atoms with Crippen LogP contribution in [0.15, 0.2) is 31.0 Å². The quantitative estimate of drug-likeness (QED) is 0.454. The Morgan fingerprint density at radius 3 is 2.79 bits per heavy atom. The normalized spacial score (nSPS) is 22.2. The lowest BCUT2D eigenvalue weighted by molar-refractivity contribution is -0.128. The van der Waals surface area contributed by atoms with Crippen molar-refractivity contribution in [1.29, 1.82) is 5.26 Å². The highest BCUT2D eigenvalue weighted by molar-refractivity contribution is 5.99. The number of aromatic nitrogens is 2. The van der Waals surface area contributed by atoms with E-state index in [1.54, 1.807) is 9.80 Å². The van der Waals surface area contributed by atoms with Crippen LogP contribution in [0.1, 0.15) is 42.5 Å². The predicted molar refractivity (Wildman–Crippen MR) is 164 cm³/mol. The fraction of sp³-hybridized carbons (Fsp3) is 0.531. The second kappa shape index (κ2) is 12.2.